The lowest BCUT2D eigenvalue weighted by Gasteiger charge is -2.34. The van der Waals surface area contributed by atoms with Gasteiger partial charge < -0.3 is 10.2 Å². The number of nitrogens with zero attached hydrogens (tertiary/aromatic N) is 1. The van der Waals surface area contributed by atoms with E-state index in [-0.39, 0.29) is 17.9 Å². The zero-order chi connectivity index (χ0) is 13.8. The monoisotopic (exact) mass is 277 g/mol. The summed E-state index contributed by atoms with van der Waals surface area (Å²) in [5.41, 5.74) is 0. The number of sulfonamides is 1. The van der Waals surface area contributed by atoms with Gasteiger partial charge in [-0.2, -0.15) is 0 Å². The van der Waals surface area contributed by atoms with Crippen molar-refractivity contribution in [3.05, 3.63) is 0 Å². The van der Waals surface area contributed by atoms with Gasteiger partial charge in [0.2, 0.25) is 15.9 Å². The highest BCUT2D eigenvalue weighted by Gasteiger charge is 2.26. The minimum absolute atomic E-state index is 0.0848. The van der Waals surface area contributed by atoms with Crippen molar-refractivity contribution in [1.82, 2.24) is 14.9 Å². The molecular weight excluding hydrogens is 254 g/mol. The van der Waals surface area contributed by atoms with E-state index in [1.54, 1.807) is 7.05 Å². The van der Waals surface area contributed by atoms with E-state index >= 15 is 0 Å². The molecule has 1 aliphatic rings. The fourth-order valence-corrected chi connectivity index (χ4v) is 2.64. The fourth-order valence-electron chi connectivity index (χ4n) is 2.10. The molecule has 2 N–H and O–H groups in total. The van der Waals surface area contributed by atoms with Crippen molar-refractivity contribution in [2.75, 3.05) is 32.9 Å². The van der Waals surface area contributed by atoms with Gasteiger partial charge in [0, 0.05) is 19.6 Å². The van der Waals surface area contributed by atoms with E-state index < -0.39 is 10.0 Å². The largest absolute Gasteiger partial charge is 0.341 e. The number of hydrogen-bond acceptors (Lipinski definition) is 4. The molecule has 0 saturated carbocycles. The zero-order valence-electron chi connectivity index (χ0n) is 11.3. The molecule has 6 nitrogen and oxygen atoms in total. The topological polar surface area (TPSA) is 78.5 Å². The maximum absolute atomic E-state index is 12.0. The molecule has 1 rings (SSSR count). The summed E-state index contributed by atoms with van der Waals surface area (Å²) in [6, 6.07) is -0.188. The third kappa shape index (κ3) is 4.91. The molecule has 1 amide bonds. The average Bonchev–Trinajstić information content (AvgIpc) is 2.34. The van der Waals surface area contributed by atoms with Crippen LogP contribution in [0.4, 0.5) is 0 Å². The Kier molecular flexibility index (Phi) is 5.55. The lowest BCUT2D eigenvalue weighted by Crippen LogP contribution is -2.49. The van der Waals surface area contributed by atoms with Gasteiger partial charge in [0.1, 0.15) is 0 Å². The maximum Gasteiger partial charge on any atom is 0.239 e. The van der Waals surface area contributed by atoms with Gasteiger partial charge in [0.15, 0.2) is 0 Å². The van der Waals surface area contributed by atoms with Gasteiger partial charge in [-0.1, -0.05) is 0 Å². The van der Waals surface area contributed by atoms with E-state index in [0.717, 1.165) is 25.6 Å². The van der Waals surface area contributed by atoms with Crippen molar-refractivity contribution in [2.45, 2.75) is 25.8 Å². The summed E-state index contributed by atoms with van der Waals surface area (Å²) in [6.07, 6.45) is 3.04. The van der Waals surface area contributed by atoms with Gasteiger partial charge in [-0.3, -0.25) is 4.79 Å². The van der Waals surface area contributed by atoms with Crippen LogP contribution in [0.25, 0.3) is 0 Å². The smallest absolute Gasteiger partial charge is 0.239 e. The second-order valence-electron chi connectivity index (χ2n) is 4.92. The number of likely N-dealkylation sites (N-methyl/N-ethyl adjacent to an activating group) is 1. The third-order valence-corrected chi connectivity index (χ3v) is 3.96. The zero-order valence-corrected chi connectivity index (χ0v) is 12.1. The van der Waals surface area contributed by atoms with Crippen LogP contribution in [0.5, 0.6) is 0 Å². The highest BCUT2D eigenvalue weighted by Crippen LogP contribution is 2.16. The Morgan fingerprint density at radius 1 is 1.50 bits per heavy atom. The SMILES string of the molecule is CNC(C)C(=O)N1CCCC(CNS(C)(=O)=O)C1. The Hall–Kier alpha value is -0.660. The first-order valence-electron chi connectivity index (χ1n) is 6.24. The lowest BCUT2D eigenvalue weighted by molar-refractivity contribution is -0.134. The van der Waals surface area contributed by atoms with Gasteiger partial charge >= 0.3 is 0 Å². The maximum atomic E-state index is 12.0. The molecule has 1 fully saturated rings. The Labute approximate surface area is 109 Å². The molecule has 0 aromatic rings. The molecule has 2 atom stereocenters. The van der Waals surface area contributed by atoms with E-state index in [9.17, 15) is 13.2 Å². The first kappa shape index (κ1) is 15.4. The quantitative estimate of drug-likeness (QED) is 0.702. The van der Waals surface area contributed by atoms with Crippen molar-refractivity contribution in [1.29, 1.82) is 0 Å². The van der Waals surface area contributed by atoms with Crippen LogP contribution in [0.1, 0.15) is 19.8 Å². The molecule has 18 heavy (non-hydrogen) atoms. The van der Waals surface area contributed by atoms with Gasteiger partial charge in [0.25, 0.3) is 0 Å². The molecule has 0 aliphatic carbocycles. The number of amides is 1. The van der Waals surface area contributed by atoms with Gasteiger partial charge in [-0.05, 0) is 32.7 Å². The minimum Gasteiger partial charge on any atom is -0.341 e. The number of carbonyl (C=O) groups excluding carboxylic acids is 1. The van der Waals surface area contributed by atoms with Crippen LogP contribution in [0.15, 0.2) is 0 Å². The van der Waals surface area contributed by atoms with E-state index in [4.69, 9.17) is 0 Å². The normalized spacial score (nSPS) is 22.8. The van der Waals surface area contributed by atoms with Crippen LogP contribution >= 0.6 is 0 Å². The average molecular weight is 277 g/mol. The van der Waals surface area contributed by atoms with Gasteiger partial charge in [-0.25, -0.2) is 13.1 Å². The second kappa shape index (κ2) is 6.49. The van der Waals surface area contributed by atoms with Crippen molar-refractivity contribution in [3.63, 3.8) is 0 Å². The number of carbonyl (C=O) groups is 1. The molecule has 1 aliphatic heterocycles. The standard InChI is InChI=1S/C11H23N3O3S/c1-9(12-2)11(15)14-6-4-5-10(8-14)7-13-18(3,16)17/h9-10,12-13H,4-8H2,1-3H3. The number of piperidine rings is 1. The van der Waals surface area contributed by atoms with Crippen LogP contribution < -0.4 is 10.0 Å². The van der Waals surface area contributed by atoms with Crippen molar-refractivity contribution in [2.24, 2.45) is 5.92 Å². The molecular formula is C11H23N3O3S. The summed E-state index contributed by atoms with van der Waals surface area (Å²) < 4.78 is 24.6. The molecule has 106 valence electrons. The molecule has 1 heterocycles. The van der Waals surface area contributed by atoms with Crippen LogP contribution in [0.3, 0.4) is 0 Å². The number of nitrogens with one attached hydrogen (secondary N) is 2. The van der Waals surface area contributed by atoms with E-state index in [0.29, 0.717) is 13.1 Å². The molecule has 0 aromatic heterocycles. The predicted molar refractivity (Wildman–Crippen MR) is 70.7 cm³/mol. The number of rotatable bonds is 5. The Morgan fingerprint density at radius 3 is 2.72 bits per heavy atom. The van der Waals surface area contributed by atoms with Crippen LogP contribution in [0.2, 0.25) is 0 Å². The van der Waals surface area contributed by atoms with Gasteiger partial charge in [-0.15, -0.1) is 0 Å². The second-order valence-corrected chi connectivity index (χ2v) is 6.76. The molecule has 1 saturated heterocycles. The summed E-state index contributed by atoms with van der Waals surface area (Å²) in [6.45, 7) is 3.64. The highest BCUT2D eigenvalue weighted by molar-refractivity contribution is 7.88. The summed E-state index contributed by atoms with van der Waals surface area (Å²) >= 11 is 0. The molecule has 0 aromatic carbocycles. The molecule has 0 radical (unpaired) electrons. The number of likely N-dealkylation sites (tertiary alicyclic amines) is 1. The van der Waals surface area contributed by atoms with Crippen LogP contribution in [-0.4, -0.2) is 58.2 Å². The first-order chi connectivity index (χ1) is 8.33. The van der Waals surface area contributed by atoms with Crippen LogP contribution in [0, 0.1) is 5.92 Å². The van der Waals surface area contributed by atoms with Crippen molar-refractivity contribution in [3.8, 4) is 0 Å². The van der Waals surface area contributed by atoms with Gasteiger partial charge in [0.05, 0.1) is 12.3 Å². The Bertz CT molecular complexity index is 383. The summed E-state index contributed by atoms with van der Waals surface area (Å²) in [7, 11) is -1.39. The minimum atomic E-state index is -3.15. The molecule has 0 spiro atoms. The molecule has 2 unspecified atom stereocenters. The predicted octanol–water partition coefficient (Wildman–Crippen LogP) is -0.618. The third-order valence-electron chi connectivity index (χ3n) is 3.27. The van der Waals surface area contributed by atoms with E-state index in [1.165, 1.54) is 0 Å². The van der Waals surface area contributed by atoms with E-state index in [2.05, 4.69) is 10.0 Å². The highest BCUT2D eigenvalue weighted by atomic mass is 32.2. The molecule has 7 heteroatoms. The van der Waals surface area contributed by atoms with Crippen LogP contribution in [-0.2, 0) is 14.8 Å². The Morgan fingerprint density at radius 2 is 2.17 bits per heavy atom. The summed E-state index contributed by atoms with van der Waals surface area (Å²) in [4.78, 5) is 13.8. The fraction of sp³-hybridized carbons (Fsp3) is 0.909. The first-order valence-corrected chi connectivity index (χ1v) is 8.13. The Balaban J connectivity index is 2.48. The summed E-state index contributed by atoms with van der Waals surface area (Å²) in [5.74, 6) is 0.294. The summed E-state index contributed by atoms with van der Waals surface area (Å²) in [5, 5.41) is 2.93. The van der Waals surface area contributed by atoms with Crippen molar-refractivity contribution < 1.29 is 13.2 Å². The van der Waals surface area contributed by atoms with Crippen molar-refractivity contribution >= 4 is 15.9 Å². The molecule has 0 bridgehead atoms. The lowest BCUT2D eigenvalue weighted by atomic mass is 9.98. The number of hydrogen-bond donors (Lipinski definition) is 2. The van der Waals surface area contributed by atoms with E-state index in [1.807, 2.05) is 11.8 Å².